The molecule has 1 amide bonds. The quantitative estimate of drug-likeness (QED) is 0.806. The van der Waals surface area contributed by atoms with Crippen molar-refractivity contribution in [2.75, 3.05) is 38.6 Å². The Morgan fingerprint density at radius 1 is 1.33 bits per heavy atom. The van der Waals surface area contributed by atoms with Crippen LogP contribution in [0.1, 0.15) is 37.1 Å². The van der Waals surface area contributed by atoms with E-state index in [0.717, 1.165) is 50.4 Å². The Morgan fingerprint density at radius 3 is 2.89 bits per heavy atom. The predicted octanol–water partition coefficient (Wildman–Crippen LogP) is 1.86. The Morgan fingerprint density at radius 2 is 2.19 bits per heavy atom. The van der Waals surface area contributed by atoms with Gasteiger partial charge in [0.25, 0.3) is 0 Å². The molecule has 1 fully saturated rings. The molecule has 0 radical (unpaired) electrons. The lowest BCUT2D eigenvalue weighted by Crippen LogP contribution is -2.36. The van der Waals surface area contributed by atoms with Gasteiger partial charge < -0.3 is 19.7 Å². The van der Waals surface area contributed by atoms with E-state index in [0.29, 0.717) is 12.5 Å². The molecule has 3 heterocycles. The Labute approximate surface area is 161 Å². The second kappa shape index (κ2) is 8.99. The normalized spacial score (nSPS) is 17.3. The lowest BCUT2D eigenvalue weighted by molar-refractivity contribution is -0.119. The molecule has 1 unspecified atom stereocenters. The van der Waals surface area contributed by atoms with Gasteiger partial charge in [-0.2, -0.15) is 0 Å². The van der Waals surface area contributed by atoms with Gasteiger partial charge in [0.15, 0.2) is 0 Å². The van der Waals surface area contributed by atoms with Gasteiger partial charge in [-0.15, -0.1) is 0 Å². The van der Waals surface area contributed by atoms with Gasteiger partial charge in [0.1, 0.15) is 11.6 Å². The van der Waals surface area contributed by atoms with E-state index in [2.05, 4.69) is 56.0 Å². The summed E-state index contributed by atoms with van der Waals surface area (Å²) in [7, 11) is 4.19. The van der Waals surface area contributed by atoms with Crippen LogP contribution in [0.3, 0.4) is 0 Å². The van der Waals surface area contributed by atoms with Crippen molar-refractivity contribution in [3.05, 3.63) is 42.1 Å². The van der Waals surface area contributed by atoms with Crippen LogP contribution in [0.4, 0.5) is 5.82 Å². The third kappa shape index (κ3) is 5.29. The first-order chi connectivity index (χ1) is 13.0. The maximum absolute atomic E-state index is 11.0. The molecule has 0 aromatic carbocycles. The number of imidazole rings is 1. The van der Waals surface area contributed by atoms with E-state index in [1.807, 2.05) is 18.5 Å². The molecule has 0 bridgehead atoms. The Balaban J connectivity index is 1.64. The first-order valence-corrected chi connectivity index (χ1v) is 9.63. The molecule has 1 N–H and O–H groups in total. The van der Waals surface area contributed by atoms with E-state index in [9.17, 15) is 4.79 Å². The number of anilines is 1. The van der Waals surface area contributed by atoms with Crippen LogP contribution in [-0.2, 0) is 17.9 Å². The van der Waals surface area contributed by atoms with Crippen molar-refractivity contribution in [1.29, 1.82) is 0 Å². The van der Waals surface area contributed by atoms with Crippen LogP contribution >= 0.6 is 0 Å². The molecule has 0 aliphatic carbocycles. The standard InChI is InChI=1S/C20H30N6O/c1-16(27)22-13-17-6-7-19(23-14-17)26-9-4-5-18(15-26)20-21-8-10-25(20)12-11-24(2)3/h6-8,10,14,18H,4-5,9,11-13,15H2,1-3H3,(H,22,27). The van der Waals surface area contributed by atoms with Crippen molar-refractivity contribution in [3.63, 3.8) is 0 Å². The third-order valence-corrected chi connectivity index (χ3v) is 5.00. The maximum Gasteiger partial charge on any atom is 0.217 e. The monoisotopic (exact) mass is 370 g/mol. The smallest absolute Gasteiger partial charge is 0.217 e. The average molecular weight is 371 g/mol. The molecule has 1 saturated heterocycles. The van der Waals surface area contributed by atoms with Gasteiger partial charge in [-0.25, -0.2) is 9.97 Å². The summed E-state index contributed by atoms with van der Waals surface area (Å²) in [6, 6.07) is 4.10. The van der Waals surface area contributed by atoms with Gasteiger partial charge in [-0.1, -0.05) is 6.07 Å². The number of pyridine rings is 1. The molecule has 0 spiro atoms. The third-order valence-electron chi connectivity index (χ3n) is 5.00. The summed E-state index contributed by atoms with van der Waals surface area (Å²) in [5.41, 5.74) is 1.02. The summed E-state index contributed by atoms with van der Waals surface area (Å²) in [6.07, 6.45) is 8.16. The first-order valence-electron chi connectivity index (χ1n) is 9.63. The van der Waals surface area contributed by atoms with Gasteiger partial charge in [-0.05, 0) is 38.6 Å². The topological polar surface area (TPSA) is 66.3 Å². The molecule has 7 heteroatoms. The summed E-state index contributed by atoms with van der Waals surface area (Å²) in [6.45, 7) is 5.99. The molecule has 146 valence electrons. The zero-order chi connectivity index (χ0) is 19.2. The highest BCUT2D eigenvalue weighted by Gasteiger charge is 2.25. The van der Waals surface area contributed by atoms with Crippen molar-refractivity contribution in [2.24, 2.45) is 0 Å². The van der Waals surface area contributed by atoms with Gasteiger partial charge in [0.05, 0.1) is 0 Å². The van der Waals surface area contributed by atoms with Crippen LogP contribution < -0.4 is 10.2 Å². The summed E-state index contributed by atoms with van der Waals surface area (Å²) in [5.74, 6) is 2.58. The molecule has 7 nitrogen and oxygen atoms in total. The number of aromatic nitrogens is 3. The molecular formula is C20H30N6O. The number of nitrogens with one attached hydrogen (secondary N) is 1. The fraction of sp³-hybridized carbons (Fsp3) is 0.550. The van der Waals surface area contributed by atoms with Crippen molar-refractivity contribution >= 4 is 11.7 Å². The fourth-order valence-corrected chi connectivity index (χ4v) is 3.51. The number of nitrogens with zero attached hydrogens (tertiary/aromatic N) is 5. The minimum atomic E-state index is -0.0253. The molecule has 2 aromatic rings. The molecular weight excluding hydrogens is 340 g/mol. The van der Waals surface area contributed by atoms with Crippen molar-refractivity contribution in [3.8, 4) is 0 Å². The number of rotatable bonds is 7. The van der Waals surface area contributed by atoms with Crippen LogP contribution in [0.25, 0.3) is 0 Å². The minimum absolute atomic E-state index is 0.0253. The molecule has 1 aliphatic heterocycles. The van der Waals surface area contributed by atoms with E-state index >= 15 is 0 Å². The average Bonchev–Trinajstić information content (AvgIpc) is 3.14. The number of carbonyl (C=O) groups excluding carboxylic acids is 1. The number of carbonyl (C=O) groups is 1. The Bertz CT molecular complexity index is 739. The molecule has 2 aromatic heterocycles. The van der Waals surface area contributed by atoms with E-state index in [-0.39, 0.29) is 5.91 Å². The highest BCUT2D eigenvalue weighted by Crippen LogP contribution is 2.28. The van der Waals surface area contributed by atoms with Gasteiger partial charge in [-0.3, -0.25) is 4.79 Å². The largest absolute Gasteiger partial charge is 0.356 e. The SMILES string of the molecule is CC(=O)NCc1ccc(N2CCCC(c3nccn3CCN(C)C)C2)nc1. The molecule has 0 saturated carbocycles. The van der Waals surface area contributed by atoms with Crippen LogP contribution in [0, 0.1) is 0 Å². The van der Waals surface area contributed by atoms with E-state index in [1.54, 1.807) is 0 Å². The van der Waals surface area contributed by atoms with Crippen LogP contribution in [0.15, 0.2) is 30.7 Å². The second-order valence-corrected chi connectivity index (χ2v) is 7.50. The summed E-state index contributed by atoms with van der Waals surface area (Å²) in [5, 5.41) is 2.81. The number of likely N-dealkylation sites (N-methyl/N-ethyl adjacent to an activating group) is 1. The van der Waals surface area contributed by atoms with Crippen LogP contribution in [-0.4, -0.2) is 59.1 Å². The van der Waals surface area contributed by atoms with Gasteiger partial charge >= 0.3 is 0 Å². The number of amides is 1. The van der Waals surface area contributed by atoms with Gasteiger partial charge in [0.2, 0.25) is 5.91 Å². The second-order valence-electron chi connectivity index (χ2n) is 7.50. The summed E-state index contributed by atoms with van der Waals surface area (Å²) >= 11 is 0. The lowest BCUT2D eigenvalue weighted by Gasteiger charge is -2.33. The van der Waals surface area contributed by atoms with Gasteiger partial charge in [0, 0.05) is 64.2 Å². The van der Waals surface area contributed by atoms with Crippen LogP contribution in [0.2, 0.25) is 0 Å². The molecule has 1 aliphatic rings. The van der Waals surface area contributed by atoms with Crippen LogP contribution in [0.5, 0.6) is 0 Å². The van der Waals surface area contributed by atoms with Crippen molar-refractivity contribution in [2.45, 2.75) is 38.8 Å². The van der Waals surface area contributed by atoms with E-state index in [1.165, 1.54) is 12.7 Å². The first kappa shape index (κ1) is 19.4. The molecule has 3 rings (SSSR count). The summed E-state index contributed by atoms with van der Waals surface area (Å²) < 4.78 is 2.29. The minimum Gasteiger partial charge on any atom is -0.356 e. The predicted molar refractivity (Wildman–Crippen MR) is 107 cm³/mol. The zero-order valence-corrected chi connectivity index (χ0v) is 16.6. The van der Waals surface area contributed by atoms with E-state index < -0.39 is 0 Å². The van der Waals surface area contributed by atoms with Crippen molar-refractivity contribution < 1.29 is 4.79 Å². The number of piperidine rings is 1. The van der Waals surface area contributed by atoms with E-state index in [4.69, 9.17) is 0 Å². The molecule has 1 atom stereocenters. The number of hydrogen-bond acceptors (Lipinski definition) is 5. The maximum atomic E-state index is 11.0. The highest BCUT2D eigenvalue weighted by atomic mass is 16.1. The number of hydrogen-bond donors (Lipinski definition) is 1. The Kier molecular flexibility index (Phi) is 6.45. The summed E-state index contributed by atoms with van der Waals surface area (Å²) in [4.78, 5) is 24.9. The van der Waals surface area contributed by atoms with Crippen molar-refractivity contribution in [1.82, 2.24) is 24.8 Å². The lowest BCUT2D eigenvalue weighted by atomic mass is 9.97. The molecule has 27 heavy (non-hydrogen) atoms. The fourth-order valence-electron chi connectivity index (χ4n) is 3.51. The highest BCUT2D eigenvalue weighted by molar-refractivity contribution is 5.72. The Hall–Kier alpha value is -2.41. The zero-order valence-electron chi connectivity index (χ0n) is 16.6.